The van der Waals surface area contributed by atoms with Gasteiger partial charge in [-0.1, -0.05) is 0 Å². The van der Waals surface area contributed by atoms with Crippen LogP contribution in [0.15, 0.2) is 12.1 Å². The first kappa shape index (κ1) is 10.5. The van der Waals surface area contributed by atoms with Crippen LogP contribution in [0, 0.1) is 17.1 Å². The van der Waals surface area contributed by atoms with Gasteiger partial charge in [0.1, 0.15) is 17.6 Å². The fraction of sp³-hybridized carbons (Fsp3) is 0.300. The van der Waals surface area contributed by atoms with E-state index in [1.54, 1.807) is 0 Å². The molecule has 0 spiro atoms. The summed E-state index contributed by atoms with van der Waals surface area (Å²) in [6.45, 7) is 0.0878. The number of methoxy groups -OCH3 is 2. The molecule has 4 heteroatoms. The van der Waals surface area contributed by atoms with E-state index in [-0.39, 0.29) is 17.9 Å². The molecule has 0 aromatic heterocycles. The average Bonchev–Trinajstić information content (AvgIpc) is 2.21. The van der Waals surface area contributed by atoms with E-state index in [1.165, 1.54) is 26.4 Å². The number of nitrogens with zero attached hydrogens (tertiary/aromatic N) is 1. The van der Waals surface area contributed by atoms with Gasteiger partial charge in [0.15, 0.2) is 0 Å². The van der Waals surface area contributed by atoms with Crippen LogP contribution < -0.4 is 4.74 Å². The van der Waals surface area contributed by atoms with Crippen LogP contribution in [0.4, 0.5) is 4.39 Å². The van der Waals surface area contributed by atoms with E-state index >= 15 is 0 Å². The Bertz CT molecular complexity index is 371. The van der Waals surface area contributed by atoms with Crippen LogP contribution >= 0.6 is 0 Å². The molecule has 0 aliphatic carbocycles. The Balaban J connectivity index is 3.29. The number of benzene rings is 1. The molecule has 0 heterocycles. The van der Waals surface area contributed by atoms with Gasteiger partial charge in [-0.15, -0.1) is 0 Å². The summed E-state index contributed by atoms with van der Waals surface area (Å²) in [6.07, 6.45) is 0. The van der Waals surface area contributed by atoms with Crippen molar-refractivity contribution < 1.29 is 13.9 Å². The van der Waals surface area contributed by atoms with E-state index in [9.17, 15) is 4.39 Å². The Morgan fingerprint density at radius 3 is 2.64 bits per heavy atom. The zero-order chi connectivity index (χ0) is 10.6. The van der Waals surface area contributed by atoms with Crippen molar-refractivity contribution in [3.8, 4) is 11.8 Å². The molecule has 0 atom stereocenters. The van der Waals surface area contributed by atoms with E-state index < -0.39 is 5.82 Å². The lowest BCUT2D eigenvalue weighted by atomic mass is 10.1. The van der Waals surface area contributed by atoms with Gasteiger partial charge in [-0.3, -0.25) is 0 Å². The second kappa shape index (κ2) is 4.58. The lowest BCUT2D eigenvalue weighted by Gasteiger charge is -2.09. The monoisotopic (exact) mass is 195 g/mol. The first-order chi connectivity index (χ1) is 6.74. The number of rotatable bonds is 3. The van der Waals surface area contributed by atoms with Crippen LogP contribution in [0.1, 0.15) is 11.1 Å². The first-order valence-corrected chi connectivity index (χ1v) is 3.99. The van der Waals surface area contributed by atoms with Crippen molar-refractivity contribution in [3.05, 3.63) is 29.1 Å². The molecule has 0 bridgehead atoms. The van der Waals surface area contributed by atoms with Crippen molar-refractivity contribution in [3.63, 3.8) is 0 Å². The Labute approximate surface area is 81.7 Å². The van der Waals surface area contributed by atoms with Crippen molar-refractivity contribution in [1.82, 2.24) is 0 Å². The molecule has 0 amide bonds. The molecule has 0 unspecified atom stereocenters. The van der Waals surface area contributed by atoms with Gasteiger partial charge in [0.05, 0.1) is 24.8 Å². The predicted octanol–water partition coefficient (Wildman–Crippen LogP) is 1.85. The standard InChI is InChI=1S/C10H10FNO2/c1-13-6-8-9(11)4-3-7(5-12)10(8)14-2/h3-4H,6H2,1-2H3. The Kier molecular flexibility index (Phi) is 3.43. The van der Waals surface area contributed by atoms with Gasteiger partial charge in [-0.05, 0) is 12.1 Å². The number of hydrogen-bond donors (Lipinski definition) is 0. The summed E-state index contributed by atoms with van der Waals surface area (Å²) in [6, 6.07) is 4.54. The minimum absolute atomic E-state index is 0.0878. The van der Waals surface area contributed by atoms with Crippen LogP contribution in [0.5, 0.6) is 5.75 Å². The van der Waals surface area contributed by atoms with E-state index in [4.69, 9.17) is 14.7 Å². The molecule has 3 nitrogen and oxygen atoms in total. The Hall–Kier alpha value is -1.60. The molecule has 14 heavy (non-hydrogen) atoms. The highest BCUT2D eigenvalue weighted by Crippen LogP contribution is 2.26. The zero-order valence-electron chi connectivity index (χ0n) is 8.00. The molecular weight excluding hydrogens is 185 g/mol. The van der Waals surface area contributed by atoms with Crippen molar-refractivity contribution in [2.45, 2.75) is 6.61 Å². The van der Waals surface area contributed by atoms with Gasteiger partial charge in [0, 0.05) is 7.11 Å². The summed E-state index contributed by atoms with van der Waals surface area (Å²) in [5.74, 6) is -0.183. The zero-order valence-corrected chi connectivity index (χ0v) is 8.00. The molecule has 0 aliphatic heterocycles. The number of hydrogen-bond acceptors (Lipinski definition) is 3. The number of nitriles is 1. The molecule has 0 aliphatic rings. The molecule has 0 fully saturated rings. The maximum Gasteiger partial charge on any atom is 0.145 e. The molecule has 0 saturated carbocycles. The maximum absolute atomic E-state index is 13.3. The van der Waals surface area contributed by atoms with Crippen LogP contribution in [-0.2, 0) is 11.3 Å². The van der Waals surface area contributed by atoms with Gasteiger partial charge in [0.2, 0.25) is 0 Å². The normalized spacial score (nSPS) is 9.57. The van der Waals surface area contributed by atoms with Gasteiger partial charge < -0.3 is 9.47 Å². The summed E-state index contributed by atoms with van der Waals surface area (Å²) < 4.78 is 23.1. The SMILES string of the molecule is COCc1c(F)ccc(C#N)c1OC. The minimum Gasteiger partial charge on any atom is -0.495 e. The van der Waals surface area contributed by atoms with Crippen molar-refractivity contribution >= 4 is 0 Å². The van der Waals surface area contributed by atoms with Gasteiger partial charge in [-0.2, -0.15) is 5.26 Å². The van der Waals surface area contributed by atoms with Crippen LogP contribution in [-0.4, -0.2) is 14.2 Å². The van der Waals surface area contributed by atoms with Crippen LogP contribution in [0.2, 0.25) is 0 Å². The Morgan fingerprint density at radius 1 is 1.43 bits per heavy atom. The van der Waals surface area contributed by atoms with E-state index in [2.05, 4.69) is 0 Å². The highest BCUT2D eigenvalue weighted by molar-refractivity contribution is 5.48. The van der Waals surface area contributed by atoms with Crippen molar-refractivity contribution in [2.24, 2.45) is 0 Å². The summed E-state index contributed by atoms with van der Waals surface area (Å²) >= 11 is 0. The number of ether oxygens (including phenoxy) is 2. The van der Waals surface area contributed by atoms with Gasteiger partial charge in [0.25, 0.3) is 0 Å². The lowest BCUT2D eigenvalue weighted by molar-refractivity contribution is 0.178. The van der Waals surface area contributed by atoms with Gasteiger partial charge >= 0.3 is 0 Å². The predicted molar refractivity (Wildman–Crippen MR) is 48.4 cm³/mol. The summed E-state index contributed by atoms with van der Waals surface area (Å²) in [4.78, 5) is 0. The molecule has 1 aromatic carbocycles. The summed E-state index contributed by atoms with van der Waals surface area (Å²) in [7, 11) is 2.85. The summed E-state index contributed by atoms with van der Waals surface area (Å²) in [5, 5.41) is 8.74. The second-order valence-electron chi connectivity index (χ2n) is 2.65. The highest BCUT2D eigenvalue weighted by Gasteiger charge is 2.13. The molecule has 0 saturated heterocycles. The van der Waals surface area contributed by atoms with Crippen LogP contribution in [0.3, 0.4) is 0 Å². The average molecular weight is 195 g/mol. The smallest absolute Gasteiger partial charge is 0.145 e. The Morgan fingerprint density at radius 2 is 2.14 bits per heavy atom. The van der Waals surface area contributed by atoms with E-state index in [0.29, 0.717) is 5.56 Å². The van der Waals surface area contributed by atoms with Gasteiger partial charge in [-0.25, -0.2) is 4.39 Å². The fourth-order valence-electron chi connectivity index (χ4n) is 1.20. The third-order valence-electron chi connectivity index (χ3n) is 1.82. The topological polar surface area (TPSA) is 42.2 Å². The van der Waals surface area contributed by atoms with Crippen molar-refractivity contribution in [1.29, 1.82) is 5.26 Å². The fourth-order valence-corrected chi connectivity index (χ4v) is 1.20. The molecule has 0 radical (unpaired) electrons. The van der Waals surface area contributed by atoms with Crippen LogP contribution in [0.25, 0.3) is 0 Å². The lowest BCUT2D eigenvalue weighted by Crippen LogP contribution is -2.00. The largest absolute Gasteiger partial charge is 0.495 e. The van der Waals surface area contributed by atoms with E-state index in [1.807, 2.05) is 6.07 Å². The molecule has 1 aromatic rings. The number of halogens is 1. The second-order valence-corrected chi connectivity index (χ2v) is 2.65. The quantitative estimate of drug-likeness (QED) is 0.739. The van der Waals surface area contributed by atoms with Crippen molar-refractivity contribution in [2.75, 3.05) is 14.2 Å². The third-order valence-corrected chi connectivity index (χ3v) is 1.82. The minimum atomic E-state index is -0.428. The first-order valence-electron chi connectivity index (χ1n) is 3.99. The molecule has 0 N–H and O–H groups in total. The highest BCUT2D eigenvalue weighted by atomic mass is 19.1. The molecule has 74 valence electrons. The summed E-state index contributed by atoms with van der Waals surface area (Å²) in [5.41, 5.74) is 0.579. The maximum atomic E-state index is 13.3. The van der Waals surface area contributed by atoms with E-state index in [0.717, 1.165) is 0 Å². The molecular formula is C10H10FNO2. The molecule has 1 rings (SSSR count). The third kappa shape index (κ3) is 1.83.